The quantitative estimate of drug-likeness (QED) is 0.0720. The molecular weight excluding hydrogens is 993 g/mol. The van der Waals surface area contributed by atoms with Crippen molar-refractivity contribution in [2.24, 2.45) is 46.3 Å². The Balaban J connectivity index is 0.849. The molecule has 5 saturated heterocycles. The molecule has 432 valence electrons. The van der Waals surface area contributed by atoms with Gasteiger partial charge < -0.3 is 114 Å². The molecule has 5 aliphatic heterocycles. The summed E-state index contributed by atoms with van der Waals surface area (Å²) in [4.78, 5) is 0. The van der Waals surface area contributed by atoms with Crippen LogP contribution < -0.4 is 0 Å². The van der Waals surface area contributed by atoms with Crippen molar-refractivity contribution in [3.63, 3.8) is 0 Å². The summed E-state index contributed by atoms with van der Waals surface area (Å²) in [5.41, 5.74) is 1.14. The average Bonchev–Trinajstić information content (AvgIpc) is 3.91. The third-order valence-corrected chi connectivity index (χ3v) is 19.8. The van der Waals surface area contributed by atoms with Gasteiger partial charge in [-0.05, 0) is 98.7 Å². The molecule has 4 aliphatic carbocycles. The predicted octanol–water partition coefficient (Wildman–Crippen LogP) is -2.35. The summed E-state index contributed by atoms with van der Waals surface area (Å²) < 4.78 is 60.8. The van der Waals surface area contributed by atoms with Crippen LogP contribution in [0.15, 0.2) is 11.6 Å². The first-order valence-electron chi connectivity index (χ1n) is 27.3. The number of methoxy groups -OCH3 is 1. The van der Waals surface area contributed by atoms with Gasteiger partial charge in [0.1, 0.15) is 91.6 Å². The first-order valence-corrected chi connectivity index (χ1v) is 27.3. The van der Waals surface area contributed by atoms with Gasteiger partial charge in [-0.25, -0.2) is 0 Å². The Kier molecular flexibility index (Phi) is 17.9. The molecule has 5 heterocycles. The van der Waals surface area contributed by atoms with Crippen molar-refractivity contribution in [2.45, 2.75) is 233 Å². The molecule has 0 amide bonds. The summed E-state index contributed by atoms with van der Waals surface area (Å²) >= 11 is 0. The van der Waals surface area contributed by atoms with Gasteiger partial charge in [-0.2, -0.15) is 0 Å². The van der Waals surface area contributed by atoms with E-state index in [2.05, 4.69) is 26.8 Å². The van der Waals surface area contributed by atoms with Crippen LogP contribution in [0.5, 0.6) is 0 Å². The highest BCUT2D eigenvalue weighted by Gasteiger charge is 2.68. The predicted molar refractivity (Wildman–Crippen MR) is 255 cm³/mol. The molecule has 8 fully saturated rings. The van der Waals surface area contributed by atoms with Crippen molar-refractivity contribution in [1.29, 1.82) is 0 Å². The fourth-order valence-electron chi connectivity index (χ4n) is 15.2. The third kappa shape index (κ3) is 10.6. The summed E-state index contributed by atoms with van der Waals surface area (Å²) in [6.45, 7) is 9.03. The molecule has 23 heteroatoms. The molecule has 3 saturated carbocycles. The molecule has 0 spiro atoms. The van der Waals surface area contributed by atoms with Gasteiger partial charge in [-0.1, -0.05) is 39.3 Å². The number of aliphatic hydroxyl groups excluding tert-OH is 13. The minimum atomic E-state index is -1.75. The maximum Gasteiger partial charge on any atom is 0.187 e. The Bertz CT molecular complexity index is 1930. The van der Waals surface area contributed by atoms with E-state index in [9.17, 15) is 66.4 Å². The van der Waals surface area contributed by atoms with Crippen molar-refractivity contribution < 1.29 is 114 Å². The molecule has 13 N–H and O–H groups in total. The van der Waals surface area contributed by atoms with Gasteiger partial charge in [0.25, 0.3) is 0 Å². The molecular formula is C52H86O23. The summed E-state index contributed by atoms with van der Waals surface area (Å²) in [6, 6.07) is 0. The number of fused-ring (bicyclic) bond motifs is 7. The fourth-order valence-corrected chi connectivity index (χ4v) is 15.2. The Morgan fingerprint density at radius 3 is 1.89 bits per heavy atom. The molecule has 0 aromatic carbocycles. The average molecular weight is 1080 g/mol. The number of hydrogen-bond donors (Lipinski definition) is 13. The topological polar surface area (TPSA) is 355 Å². The van der Waals surface area contributed by atoms with Crippen molar-refractivity contribution in [3.05, 3.63) is 11.6 Å². The molecule has 0 aromatic rings. The van der Waals surface area contributed by atoms with Crippen LogP contribution in [0.2, 0.25) is 0 Å². The van der Waals surface area contributed by atoms with E-state index in [4.69, 9.17) is 47.4 Å². The highest BCUT2D eigenvalue weighted by atomic mass is 16.8. The summed E-state index contributed by atoms with van der Waals surface area (Å²) in [5.74, 6) is 0.806. The van der Waals surface area contributed by atoms with Crippen LogP contribution in [-0.4, -0.2) is 241 Å². The standard InChI is InChI=1S/C52H86O23/c1-21(19-67-46-42(63)39(60)35(56)30(17-53)71-46)9-14-52(66-6)22(2)33-29(75-52)16-28-26-8-7-24-15-25(10-12-50(24,4)27(26)11-13-51(28,33)5)70-49-45(74-48-44(65)38(59)34(55)23(3)69-48)41(62)37(58)32(73-49)20-68-47-43(64)40(61)36(57)31(18-54)72-47/h7,21-23,25-49,53-65H,8-20H2,1-6H3. The number of aliphatic hydroxyl groups is 13. The van der Waals surface area contributed by atoms with Gasteiger partial charge in [0.05, 0.1) is 44.7 Å². The van der Waals surface area contributed by atoms with E-state index >= 15 is 0 Å². The summed E-state index contributed by atoms with van der Waals surface area (Å²) in [6.07, 6.45) is -20.6. The SMILES string of the molecule is COC1(CCC(C)COC2OC(CO)C(O)C(O)C2O)OC2CC3C4CC=C5CC(OC6OC(COC7OC(CO)C(O)C(O)C7O)C(O)C(O)C6OC6OC(C)C(O)C(O)C6O)CCC5(C)C4CCC3(C)C2C1C. The Morgan fingerprint density at radius 1 is 0.653 bits per heavy atom. The Hall–Kier alpha value is -1.18. The molecule has 0 radical (unpaired) electrons. The largest absolute Gasteiger partial charge is 0.394 e. The zero-order chi connectivity index (χ0) is 54.2. The van der Waals surface area contributed by atoms with E-state index in [1.165, 1.54) is 12.5 Å². The summed E-state index contributed by atoms with van der Waals surface area (Å²) in [5, 5.41) is 136. The maximum atomic E-state index is 11.7. The minimum Gasteiger partial charge on any atom is -0.394 e. The number of allylic oxidation sites excluding steroid dienone is 1. The summed E-state index contributed by atoms with van der Waals surface area (Å²) in [7, 11) is 1.71. The molecule has 75 heavy (non-hydrogen) atoms. The lowest BCUT2D eigenvalue weighted by molar-refractivity contribution is -0.375. The van der Waals surface area contributed by atoms with Crippen molar-refractivity contribution in [2.75, 3.05) is 33.5 Å². The first-order chi connectivity index (χ1) is 35.5. The molecule has 9 rings (SSSR count). The van der Waals surface area contributed by atoms with Crippen molar-refractivity contribution >= 4 is 0 Å². The molecule has 9 aliphatic rings. The van der Waals surface area contributed by atoms with E-state index in [0.717, 1.165) is 32.1 Å². The van der Waals surface area contributed by atoms with Crippen LogP contribution in [-0.2, 0) is 47.4 Å². The molecule has 31 unspecified atom stereocenters. The van der Waals surface area contributed by atoms with E-state index in [1.54, 1.807) is 7.11 Å². The van der Waals surface area contributed by atoms with Crippen molar-refractivity contribution in [3.8, 4) is 0 Å². The van der Waals surface area contributed by atoms with Crippen LogP contribution in [0.25, 0.3) is 0 Å². The zero-order valence-electron chi connectivity index (χ0n) is 43.8. The Labute approximate surface area is 437 Å². The van der Waals surface area contributed by atoms with E-state index in [1.807, 2.05) is 6.92 Å². The number of rotatable bonds is 16. The van der Waals surface area contributed by atoms with E-state index < -0.39 is 155 Å². The lowest BCUT2D eigenvalue weighted by Gasteiger charge is -2.58. The van der Waals surface area contributed by atoms with Gasteiger partial charge in [0.15, 0.2) is 30.9 Å². The second-order valence-electron chi connectivity index (χ2n) is 24.0. The normalized spacial score (nSPS) is 54.3. The van der Waals surface area contributed by atoms with Crippen LogP contribution in [0.1, 0.15) is 92.4 Å². The van der Waals surface area contributed by atoms with Crippen LogP contribution in [0.3, 0.4) is 0 Å². The highest BCUT2D eigenvalue weighted by molar-refractivity contribution is 5.26. The fraction of sp³-hybridized carbons (Fsp3) is 0.962. The van der Waals surface area contributed by atoms with E-state index in [-0.39, 0.29) is 41.3 Å². The third-order valence-electron chi connectivity index (χ3n) is 19.8. The molecule has 31 atom stereocenters. The monoisotopic (exact) mass is 1080 g/mol. The van der Waals surface area contributed by atoms with Crippen LogP contribution in [0, 0.1) is 46.3 Å². The molecule has 0 aromatic heterocycles. The Morgan fingerprint density at radius 2 is 1.25 bits per heavy atom. The second kappa shape index (κ2) is 23.0. The number of hydrogen-bond acceptors (Lipinski definition) is 23. The van der Waals surface area contributed by atoms with Gasteiger partial charge in [0, 0.05) is 19.4 Å². The van der Waals surface area contributed by atoms with Gasteiger partial charge in [0.2, 0.25) is 0 Å². The second-order valence-corrected chi connectivity index (χ2v) is 24.0. The van der Waals surface area contributed by atoms with Gasteiger partial charge in [-0.15, -0.1) is 0 Å². The lowest BCUT2D eigenvalue weighted by atomic mass is 9.47. The smallest absolute Gasteiger partial charge is 0.187 e. The van der Waals surface area contributed by atoms with Crippen LogP contribution >= 0.6 is 0 Å². The molecule has 23 nitrogen and oxygen atoms in total. The number of ether oxygens (including phenoxy) is 10. The lowest BCUT2D eigenvalue weighted by Crippen LogP contribution is -2.65. The van der Waals surface area contributed by atoms with Crippen molar-refractivity contribution in [1.82, 2.24) is 0 Å². The van der Waals surface area contributed by atoms with E-state index in [0.29, 0.717) is 43.4 Å². The zero-order valence-corrected chi connectivity index (χ0v) is 43.8. The molecule has 0 bridgehead atoms. The minimum absolute atomic E-state index is 0.00195. The van der Waals surface area contributed by atoms with Gasteiger partial charge in [-0.3, -0.25) is 0 Å². The van der Waals surface area contributed by atoms with Gasteiger partial charge >= 0.3 is 0 Å². The highest BCUT2D eigenvalue weighted by Crippen LogP contribution is 2.70. The van der Waals surface area contributed by atoms with Crippen LogP contribution in [0.4, 0.5) is 0 Å². The first kappa shape index (κ1) is 58.5. The maximum absolute atomic E-state index is 11.7.